The van der Waals surface area contributed by atoms with Gasteiger partial charge >= 0.3 is 0 Å². The van der Waals surface area contributed by atoms with E-state index in [9.17, 15) is 0 Å². The van der Waals surface area contributed by atoms with Crippen LogP contribution in [-0.2, 0) is 0 Å². The molecule has 0 atom stereocenters. The second-order valence-electron chi connectivity index (χ2n) is 7.36. The lowest BCUT2D eigenvalue weighted by Crippen LogP contribution is -2.24. The molecule has 0 unspecified atom stereocenters. The van der Waals surface area contributed by atoms with Crippen molar-refractivity contribution in [3.8, 4) is 28.0 Å². The maximum Gasteiger partial charge on any atom is 0.221 e. The molecule has 1 aliphatic rings. The first-order chi connectivity index (χ1) is 14.7. The summed E-state index contributed by atoms with van der Waals surface area (Å²) >= 11 is 0. The summed E-state index contributed by atoms with van der Waals surface area (Å²) < 4.78 is 5.36. The summed E-state index contributed by atoms with van der Waals surface area (Å²) in [6.45, 7) is 5.05. The van der Waals surface area contributed by atoms with E-state index < -0.39 is 0 Å². The minimum Gasteiger partial charge on any atom is -0.497 e. The zero-order chi connectivity index (χ0) is 20.8. The van der Waals surface area contributed by atoms with Crippen LogP contribution in [0.25, 0.3) is 22.3 Å². The van der Waals surface area contributed by atoms with Gasteiger partial charge in [0.25, 0.3) is 0 Å². The van der Waals surface area contributed by atoms with Gasteiger partial charge < -0.3 is 21.1 Å². The van der Waals surface area contributed by atoms with Gasteiger partial charge in [-0.3, -0.25) is 4.90 Å². The fourth-order valence-electron chi connectivity index (χ4n) is 3.66. The summed E-state index contributed by atoms with van der Waals surface area (Å²) in [5.41, 5.74) is 10.1. The Hall–Kier alpha value is -3.16. The number of nitrogens with zero attached hydrogens (tertiary/aromatic N) is 3. The third-order valence-electron chi connectivity index (χ3n) is 5.27. The minimum absolute atomic E-state index is 0.272. The van der Waals surface area contributed by atoms with Crippen LogP contribution in [0, 0.1) is 0 Å². The lowest BCUT2D eigenvalue weighted by Gasteiger charge is -2.15. The molecular formula is C23H28N6O. The predicted molar refractivity (Wildman–Crippen MR) is 121 cm³/mol. The number of hydrogen-bond donors (Lipinski definition) is 3. The fourth-order valence-corrected chi connectivity index (χ4v) is 3.66. The van der Waals surface area contributed by atoms with Gasteiger partial charge in [-0.1, -0.05) is 30.3 Å². The molecule has 1 aliphatic heterocycles. The smallest absolute Gasteiger partial charge is 0.221 e. The number of rotatable bonds is 8. The highest BCUT2D eigenvalue weighted by molar-refractivity contribution is 5.79. The van der Waals surface area contributed by atoms with Crippen molar-refractivity contribution in [3.05, 3.63) is 54.7 Å². The molecule has 0 spiro atoms. The standard InChI is InChI=1S/C23H28N6O/c1-30-20-8-3-6-18(14-20)17-5-2-7-19(13-17)21-15-27-23(24)28-22(21)26-9-4-11-29-12-10-25-16-29/h2-3,5-8,13-15,25H,4,9-12,16H2,1H3,(H3,24,26,27,28). The SMILES string of the molecule is COc1cccc(-c2cccc(-c3cnc(N)nc3NCCCN3CCNC3)c2)c1. The summed E-state index contributed by atoms with van der Waals surface area (Å²) in [7, 11) is 1.68. The van der Waals surface area contributed by atoms with Gasteiger partial charge in [0.2, 0.25) is 5.95 Å². The highest BCUT2D eigenvalue weighted by Crippen LogP contribution is 2.31. The van der Waals surface area contributed by atoms with Crippen molar-refractivity contribution in [2.75, 3.05) is 51.0 Å². The molecule has 7 nitrogen and oxygen atoms in total. The molecule has 1 fully saturated rings. The molecule has 1 saturated heterocycles. The van der Waals surface area contributed by atoms with E-state index in [0.29, 0.717) is 0 Å². The van der Waals surface area contributed by atoms with Gasteiger partial charge in [-0.15, -0.1) is 0 Å². The Kier molecular flexibility index (Phi) is 6.41. The molecule has 4 N–H and O–H groups in total. The molecule has 0 bridgehead atoms. The van der Waals surface area contributed by atoms with Crippen LogP contribution in [0.2, 0.25) is 0 Å². The first-order valence-electron chi connectivity index (χ1n) is 10.3. The van der Waals surface area contributed by atoms with Crippen LogP contribution < -0.4 is 21.1 Å². The van der Waals surface area contributed by atoms with Crippen molar-refractivity contribution in [3.63, 3.8) is 0 Å². The maximum absolute atomic E-state index is 5.87. The molecule has 2 aromatic carbocycles. The van der Waals surface area contributed by atoms with Gasteiger partial charge in [0, 0.05) is 44.6 Å². The third kappa shape index (κ3) is 4.87. The molecule has 3 aromatic rings. The third-order valence-corrected chi connectivity index (χ3v) is 5.27. The van der Waals surface area contributed by atoms with E-state index in [1.54, 1.807) is 13.3 Å². The van der Waals surface area contributed by atoms with Gasteiger partial charge in [0.05, 0.1) is 7.11 Å². The molecule has 30 heavy (non-hydrogen) atoms. The van der Waals surface area contributed by atoms with Gasteiger partial charge in [-0.05, 0) is 41.3 Å². The summed E-state index contributed by atoms with van der Waals surface area (Å²) in [6, 6.07) is 16.4. The Balaban J connectivity index is 1.53. The lowest BCUT2D eigenvalue weighted by molar-refractivity contribution is 0.333. The van der Waals surface area contributed by atoms with Crippen LogP contribution in [0.5, 0.6) is 5.75 Å². The highest BCUT2D eigenvalue weighted by atomic mass is 16.5. The largest absolute Gasteiger partial charge is 0.497 e. The summed E-state index contributed by atoms with van der Waals surface area (Å²) in [4.78, 5) is 11.1. The van der Waals surface area contributed by atoms with Crippen molar-refractivity contribution in [2.24, 2.45) is 0 Å². The Labute approximate surface area is 177 Å². The summed E-state index contributed by atoms with van der Waals surface area (Å²) in [5.74, 6) is 1.88. The first kappa shape index (κ1) is 20.1. The van der Waals surface area contributed by atoms with E-state index in [0.717, 1.165) is 73.1 Å². The van der Waals surface area contributed by atoms with E-state index >= 15 is 0 Å². The number of aromatic nitrogens is 2. The summed E-state index contributed by atoms with van der Waals surface area (Å²) in [5, 5.41) is 6.81. The Bertz CT molecular complexity index is 987. The molecule has 0 aliphatic carbocycles. The molecule has 1 aromatic heterocycles. The Morgan fingerprint density at radius 1 is 1.13 bits per heavy atom. The van der Waals surface area contributed by atoms with E-state index in [1.165, 1.54) is 0 Å². The van der Waals surface area contributed by atoms with Crippen molar-refractivity contribution in [1.29, 1.82) is 0 Å². The van der Waals surface area contributed by atoms with Crippen LogP contribution in [0.3, 0.4) is 0 Å². The number of nitrogens with one attached hydrogen (secondary N) is 2. The fraction of sp³-hybridized carbons (Fsp3) is 0.304. The van der Waals surface area contributed by atoms with E-state index in [1.807, 2.05) is 24.3 Å². The minimum atomic E-state index is 0.272. The molecule has 4 rings (SSSR count). The maximum atomic E-state index is 5.87. The van der Waals surface area contributed by atoms with Crippen LogP contribution in [-0.4, -0.2) is 54.8 Å². The lowest BCUT2D eigenvalue weighted by atomic mass is 10.00. The number of methoxy groups -OCH3 is 1. The average Bonchev–Trinajstić information content (AvgIpc) is 3.30. The molecule has 7 heteroatoms. The summed E-state index contributed by atoms with van der Waals surface area (Å²) in [6.07, 6.45) is 2.83. The second kappa shape index (κ2) is 9.56. The van der Waals surface area contributed by atoms with Crippen molar-refractivity contribution in [2.45, 2.75) is 6.42 Å². The molecule has 0 saturated carbocycles. The van der Waals surface area contributed by atoms with Crippen LogP contribution in [0.1, 0.15) is 6.42 Å². The number of ether oxygens (including phenoxy) is 1. The number of benzene rings is 2. The Morgan fingerprint density at radius 3 is 2.73 bits per heavy atom. The number of nitrogens with two attached hydrogens (primary N) is 1. The Morgan fingerprint density at radius 2 is 1.93 bits per heavy atom. The number of anilines is 2. The van der Waals surface area contributed by atoms with E-state index in [4.69, 9.17) is 10.5 Å². The zero-order valence-corrected chi connectivity index (χ0v) is 17.3. The molecule has 156 valence electrons. The van der Waals surface area contributed by atoms with E-state index in [-0.39, 0.29) is 5.95 Å². The topological polar surface area (TPSA) is 88.3 Å². The van der Waals surface area contributed by atoms with Gasteiger partial charge in [-0.25, -0.2) is 4.98 Å². The monoisotopic (exact) mass is 404 g/mol. The van der Waals surface area contributed by atoms with Crippen molar-refractivity contribution < 1.29 is 4.74 Å². The average molecular weight is 405 g/mol. The van der Waals surface area contributed by atoms with Gasteiger partial charge in [0.15, 0.2) is 0 Å². The molecule has 0 radical (unpaired) electrons. The van der Waals surface area contributed by atoms with Gasteiger partial charge in [0.1, 0.15) is 11.6 Å². The molecule has 0 amide bonds. The quantitative estimate of drug-likeness (QED) is 0.497. The van der Waals surface area contributed by atoms with Crippen molar-refractivity contribution >= 4 is 11.8 Å². The normalized spacial score (nSPS) is 14.0. The van der Waals surface area contributed by atoms with Crippen LogP contribution in [0.4, 0.5) is 11.8 Å². The second-order valence-corrected chi connectivity index (χ2v) is 7.36. The van der Waals surface area contributed by atoms with Gasteiger partial charge in [-0.2, -0.15) is 4.98 Å². The van der Waals surface area contributed by atoms with E-state index in [2.05, 4.69) is 49.8 Å². The zero-order valence-electron chi connectivity index (χ0n) is 17.3. The number of hydrogen-bond acceptors (Lipinski definition) is 7. The van der Waals surface area contributed by atoms with Crippen molar-refractivity contribution in [1.82, 2.24) is 20.2 Å². The molecular weight excluding hydrogens is 376 g/mol. The van der Waals surface area contributed by atoms with Crippen LogP contribution in [0.15, 0.2) is 54.7 Å². The van der Waals surface area contributed by atoms with Crippen LogP contribution >= 0.6 is 0 Å². The predicted octanol–water partition coefficient (Wildman–Crippen LogP) is 3.07. The highest BCUT2D eigenvalue weighted by Gasteiger charge is 2.12. The number of nitrogen functional groups attached to an aromatic ring is 1. The molecule has 2 heterocycles. The first-order valence-corrected chi connectivity index (χ1v) is 10.3.